The number of rotatable bonds is 4. The van der Waals surface area contributed by atoms with Crippen molar-refractivity contribution >= 4 is 33.3 Å². The number of nitrogens with zero attached hydrogens (tertiary/aromatic N) is 3. The van der Waals surface area contributed by atoms with Crippen LogP contribution in [0.1, 0.15) is 37.5 Å². The summed E-state index contributed by atoms with van der Waals surface area (Å²) < 4.78 is 32.9. The number of amides is 2. The van der Waals surface area contributed by atoms with Gasteiger partial charge in [0, 0.05) is 31.8 Å². The maximum atomic E-state index is 13.3. The molecule has 1 N–H and O–H groups in total. The van der Waals surface area contributed by atoms with Crippen molar-refractivity contribution < 1.29 is 22.5 Å². The number of hydrogen-bond acceptors (Lipinski definition) is 6. The maximum Gasteiger partial charge on any atom is 0.244 e. The molecule has 1 unspecified atom stereocenters. The molecule has 1 aromatic carbocycles. The van der Waals surface area contributed by atoms with Gasteiger partial charge in [-0.25, -0.2) is 8.42 Å². The van der Waals surface area contributed by atoms with Crippen LogP contribution < -0.4 is 10.2 Å². The minimum atomic E-state index is -3.87. The molecule has 3 heterocycles. The molecule has 0 spiro atoms. The summed E-state index contributed by atoms with van der Waals surface area (Å²) in [5.74, 6) is 0.325. The Balaban J connectivity index is 1.59. The number of fused-ring (bicyclic) bond motifs is 1. The first-order valence-corrected chi connectivity index (χ1v) is 11.4. The van der Waals surface area contributed by atoms with Gasteiger partial charge in [0.25, 0.3) is 0 Å². The molecule has 0 aliphatic carbocycles. The first-order chi connectivity index (χ1) is 14.3. The van der Waals surface area contributed by atoms with Crippen LogP contribution in [0.2, 0.25) is 0 Å². The molecule has 2 aliphatic heterocycles. The minimum absolute atomic E-state index is 0.0640. The standard InChI is InChI=1S/C20H24N4O5S/c1-13-11-19(22-29-13)21-20(26)18-6-4-10-24(18)30(27,28)16-7-8-17-15(12-16)5-3-9-23(17)14(2)25/h7-8,11-12,18H,3-6,9-10H2,1-2H3,(H,21,22,26). The summed E-state index contributed by atoms with van der Waals surface area (Å²) in [6.07, 6.45) is 2.52. The predicted octanol–water partition coefficient (Wildman–Crippen LogP) is 2.07. The average molecular weight is 433 g/mol. The van der Waals surface area contributed by atoms with Gasteiger partial charge in [-0.2, -0.15) is 4.31 Å². The smallest absolute Gasteiger partial charge is 0.244 e. The Morgan fingerprint density at radius 2 is 2.00 bits per heavy atom. The summed E-state index contributed by atoms with van der Waals surface area (Å²) in [6.45, 7) is 4.11. The van der Waals surface area contributed by atoms with Crippen molar-refractivity contribution in [2.75, 3.05) is 23.3 Å². The van der Waals surface area contributed by atoms with E-state index < -0.39 is 22.0 Å². The van der Waals surface area contributed by atoms with Gasteiger partial charge in [0.05, 0.1) is 4.90 Å². The van der Waals surface area contributed by atoms with Crippen molar-refractivity contribution in [3.63, 3.8) is 0 Å². The first-order valence-electron chi connectivity index (χ1n) is 9.94. The Morgan fingerprint density at radius 1 is 1.20 bits per heavy atom. The highest BCUT2D eigenvalue weighted by Gasteiger charge is 2.40. The van der Waals surface area contributed by atoms with Crippen LogP contribution in [0.3, 0.4) is 0 Å². The largest absolute Gasteiger partial charge is 0.360 e. The van der Waals surface area contributed by atoms with Crippen molar-refractivity contribution in [2.45, 2.75) is 50.5 Å². The van der Waals surface area contributed by atoms with Crippen LogP contribution in [-0.4, -0.2) is 48.8 Å². The quantitative estimate of drug-likeness (QED) is 0.791. The third-order valence-electron chi connectivity index (χ3n) is 5.54. The molecule has 1 aromatic heterocycles. The first kappa shape index (κ1) is 20.5. The molecule has 10 heteroatoms. The summed E-state index contributed by atoms with van der Waals surface area (Å²) in [4.78, 5) is 26.4. The van der Waals surface area contributed by atoms with Crippen LogP contribution in [0.25, 0.3) is 0 Å². The molecule has 0 radical (unpaired) electrons. The topological polar surface area (TPSA) is 113 Å². The molecular formula is C20H24N4O5S. The lowest BCUT2D eigenvalue weighted by Crippen LogP contribution is -2.43. The zero-order valence-electron chi connectivity index (χ0n) is 16.9. The second kappa shape index (κ2) is 7.84. The van der Waals surface area contributed by atoms with Crippen LogP contribution in [0.4, 0.5) is 11.5 Å². The number of benzene rings is 1. The summed E-state index contributed by atoms with van der Waals surface area (Å²) in [6, 6.07) is 5.61. The Bertz CT molecular complexity index is 1090. The van der Waals surface area contributed by atoms with Crippen molar-refractivity contribution in [3.05, 3.63) is 35.6 Å². The van der Waals surface area contributed by atoms with Gasteiger partial charge in [-0.3, -0.25) is 9.59 Å². The molecule has 2 amide bonds. The van der Waals surface area contributed by atoms with Gasteiger partial charge in [-0.05, 0) is 56.4 Å². The molecule has 0 bridgehead atoms. The Morgan fingerprint density at radius 3 is 2.70 bits per heavy atom. The van der Waals surface area contributed by atoms with Crippen LogP contribution >= 0.6 is 0 Å². The fourth-order valence-corrected chi connectivity index (χ4v) is 5.83. The maximum absolute atomic E-state index is 13.3. The van der Waals surface area contributed by atoms with E-state index in [1.54, 1.807) is 30.0 Å². The number of sulfonamides is 1. The van der Waals surface area contributed by atoms with E-state index >= 15 is 0 Å². The van der Waals surface area contributed by atoms with Crippen molar-refractivity contribution in [2.24, 2.45) is 0 Å². The normalized spacial score (nSPS) is 19.5. The molecule has 2 aromatic rings. The number of aryl methyl sites for hydroxylation is 2. The Hall–Kier alpha value is -2.72. The molecular weight excluding hydrogens is 408 g/mol. The second-order valence-corrected chi connectivity index (χ2v) is 9.54. The number of nitrogens with one attached hydrogen (secondary N) is 1. The lowest BCUT2D eigenvalue weighted by molar-refractivity contribution is -0.119. The molecule has 160 valence electrons. The third kappa shape index (κ3) is 3.72. The fraction of sp³-hybridized carbons (Fsp3) is 0.450. The second-order valence-electron chi connectivity index (χ2n) is 7.65. The van der Waals surface area contributed by atoms with Crippen molar-refractivity contribution in [3.8, 4) is 0 Å². The van der Waals surface area contributed by atoms with E-state index in [9.17, 15) is 18.0 Å². The van der Waals surface area contributed by atoms with Crippen molar-refractivity contribution in [1.29, 1.82) is 0 Å². The highest BCUT2D eigenvalue weighted by atomic mass is 32.2. The molecule has 2 aliphatic rings. The van der Waals surface area contributed by atoms with Crippen LogP contribution in [-0.2, 0) is 26.0 Å². The van der Waals surface area contributed by atoms with E-state index in [1.807, 2.05) is 0 Å². The Labute approximate surface area is 175 Å². The zero-order chi connectivity index (χ0) is 21.5. The summed E-state index contributed by atoms with van der Waals surface area (Å²) >= 11 is 0. The lowest BCUT2D eigenvalue weighted by atomic mass is 10.0. The predicted molar refractivity (Wildman–Crippen MR) is 110 cm³/mol. The molecule has 9 nitrogen and oxygen atoms in total. The van der Waals surface area contributed by atoms with Crippen LogP contribution in [0.15, 0.2) is 33.7 Å². The number of carbonyl (C=O) groups is 2. The fourth-order valence-electron chi connectivity index (χ4n) is 4.12. The number of carbonyl (C=O) groups excluding carboxylic acids is 2. The van der Waals surface area contributed by atoms with E-state index in [1.165, 1.54) is 17.3 Å². The third-order valence-corrected chi connectivity index (χ3v) is 7.45. The molecule has 1 fully saturated rings. The van der Waals surface area contributed by atoms with Gasteiger partial charge in [0.2, 0.25) is 21.8 Å². The van der Waals surface area contributed by atoms with E-state index in [2.05, 4.69) is 10.5 Å². The molecule has 4 rings (SSSR count). The van der Waals surface area contributed by atoms with Gasteiger partial charge < -0.3 is 14.7 Å². The summed E-state index contributed by atoms with van der Waals surface area (Å²) in [5, 5.41) is 6.37. The van der Waals surface area contributed by atoms with Gasteiger partial charge >= 0.3 is 0 Å². The molecule has 0 saturated carbocycles. The highest BCUT2D eigenvalue weighted by molar-refractivity contribution is 7.89. The number of hydrogen-bond donors (Lipinski definition) is 1. The Kier molecular flexibility index (Phi) is 5.37. The van der Waals surface area contributed by atoms with Crippen molar-refractivity contribution in [1.82, 2.24) is 9.46 Å². The van der Waals surface area contributed by atoms with E-state index in [-0.39, 0.29) is 23.2 Å². The van der Waals surface area contributed by atoms with E-state index in [0.29, 0.717) is 31.6 Å². The molecule has 30 heavy (non-hydrogen) atoms. The van der Waals surface area contributed by atoms with E-state index in [4.69, 9.17) is 4.52 Å². The SMILES string of the molecule is CC(=O)N1CCCc2cc(S(=O)(=O)N3CCCC3C(=O)Nc3cc(C)on3)ccc21. The average Bonchev–Trinajstić information content (AvgIpc) is 3.36. The minimum Gasteiger partial charge on any atom is -0.360 e. The van der Waals surface area contributed by atoms with E-state index in [0.717, 1.165) is 17.7 Å². The van der Waals surface area contributed by atoms with Crippen LogP contribution in [0.5, 0.6) is 0 Å². The van der Waals surface area contributed by atoms with Gasteiger partial charge in [-0.15, -0.1) is 0 Å². The summed E-state index contributed by atoms with van der Waals surface area (Å²) in [7, 11) is -3.87. The highest BCUT2D eigenvalue weighted by Crippen LogP contribution is 2.33. The summed E-state index contributed by atoms with van der Waals surface area (Å²) in [5.41, 5.74) is 1.58. The number of anilines is 2. The zero-order valence-corrected chi connectivity index (χ0v) is 17.7. The van der Waals surface area contributed by atoms with Crippen LogP contribution in [0, 0.1) is 6.92 Å². The van der Waals surface area contributed by atoms with Gasteiger partial charge in [0.1, 0.15) is 11.8 Å². The molecule has 1 saturated heterocycles. The molecule has 1 atom stereocenters. The number of aromatic nitrogens is 1. The monoisotopic (exact) mass is 432 g/mol. The van der Waals surface area contributed by atoms with Gasteiger partial charge in [-0.1, -0.05) is 5.16 Å². The lowest BCUT2D eigenvalue weighted by Gasteiger charge is -2.29. The van der Waals surface area contributed by atoms with Gasteiger partial charge in [0.15, 0.2) is 5.82 Å².